The number of carbonyl (C=O) groups is 1. The number of aromatic nitrogens is 1. The number of fused-ring (bicyclic) bond motifs is 1. The number of carbonyl (C=O) groups excluding carboxylic acids is 1. The van der Waals surface area contributed by atoms with Gasteiger partial charge in [0, 0.05) is 24.8 Å². The highest BCUT2D eigenvalue weighted by Crippen LogP contribution is 2.28. The van der Waals surface area contributed by atoms with Crippen molar-refractivity contribution >= 4 is 5.91 Å². The number of methoxy groups -OCH3 is 3. The second kappa shape index (κ2) is 8.82. The zero-order valence-electron chi connectivity index (χ0n) is 16.5. The Morgan fingerprint density at radius 2 is 1.79 bits per heavy atom. The Kier molecular flexibility index (Phi) is 6.23. The van der Waals surface area contributed by atoms with Crippen LogP contribution in [0.15, 0.2) is 29.1 Å². The summed E-state index contributed by atoms with van der Waals surface area (Å²) in [5, 5.41) is 2.95. The van der Waals surface area contributed by atoms with Crippen molar-refractivity contribution in [2.45, 2.75) is 32.2 Å². The molecule has 7 nitrogen and oxygen atoms in total. The maximum Gasteiger partial charge on any atom is 0.256 e. The van der Waals surface area contributed by atoms with Gasteiger partial charge in [-0.05, 0) is 43.4 Å². The Morgan fingerprint density at radius 3 is 2.50 bits per heavy atom. The molecule has 1 aromatic heterocycles. The molecule has 28 heavy (non-hydrogen) atoms. The van der Waals surface area contributed by atoms with E-state index in [0.717, 1.165) is 24.1 Å². The highest BCUT2D eigenvalue weighted by Gasteiger charge is 2.23. The molecule has 150 valence electrons. The first kappa shape index (κ1) is 19.8. The van der Waals surface area contributed by atoms with Gasteiger partial charge in [-0.2, -0.15) is 0 Å². The molecule has 0 saturated carbocycles. The summed E-state index contributed by atoms with van der Waals surface area (Å²) in [5.41, 5.74) is 2.14. The molecular weight excluding hydrogens is 360 g/mol. The van der Waals surface area contributed by atoms with Crippen molar-refractivity contribution in [3.05, 3.63) is 51.4 Å². The van der Waals surface area contributed by atoms with E-state index < -0.39 is 0 Å². The second-order valence-corrected chi connectivity index (χ2v) is 6.68. The molecule has 1 aromatic carbocycles. The van der Waals surface area contributed by atoms with Gasteiger partial charge in [0.25, 0.3) is 11.5 Å². The molecule has 0 bridgehead atoms. The number of nitrogens with one attached hydrogen (secondary N) is 1. The van der Waals surface area contributed by atoms with Gasteiger partial charge < -0.3 is 24.1 Å². The van der Waals surface area contributed by atoms with E-state index in [0.29, 0.717) is 48.7 Å². The smallest absolute Gasteiger partial charge is 0.256 e. The fraction of sp³-hybridized carbons (Fsp3) is 0.429. The predicted octanol–water partition coefficient (Wildman–Crippen LogP) is 2.18. The monoisotopic (exact) mass is 386 g/mol. The van der Waals surface area contributed by atoms with E-state index in [-0.39, 0.29) is 11.5 Å². The molecule has 0 radical (unpaired) electrons. The third-order valence-corrected chi connectivity index (χ3v) is 5.02. The van der Waals surface area contributed by atoms with Crippen LogP contribution in [0.1, 0.15) is 34.5 Å². The second-order valence-electron chi connectivity index (χ2n) is 6.68. The molecule has 0 spiro atoms. The number of pyridine rings is 1. The van der Waals surface area contributed by atoms with Gasteiger partial charge in [-0.3, -0.25) is 9.59 Å². The van der Waals surface area contributed by atoms with Crippen molar-refractivity contribution in [2.24, 2.45) is 0 Å². The number of rotatable bonds is 7. The summed E-state index contributed by atoms with van der Waals surface area (Å²) < 4.78 is 17.6. The number of nitrogens with zero attached hydrogens (tertiary/aromatic N) is 1. The first-order chi connectivity index (χ1) is 13.6. The first-order valence-corrected chi connectivity index (χ1v) is 9.38. The zero-order chi connectivity index (χ0) is 20.1. The SMILES string of the molecule is COc1ccc(CCNC(=O)c2c(OC)cc(=O)n3c2CCCC3)cc1OC. The Balaban J connectivity index is 1.74. The van der Waals surface area contributed by atoms with Crippen LogP contribution in [0.5, 0.6) is 17.2 Å². The van der Waals surface area contributed by atoms with Crippen molar-refractivity contribution in [1.29, 1.82) is 0 Å². The number of amides is 1. The van der Waals surface area contributed by atoms with E-state index in [9.17, 15) is 9.59 Å². The average molecular weight is 386 g/mol. The molecule has 1 aliphatic rings. The molecule has 0 atom stereocenters. The van der Waals surface area contributed by atoms with Crippen LogP contribution in [0.2, 0.25) is 0 Å². The summed E-state index contributed by atoms with van der Waals surface area (Å²) in [5.74, 6) is 1.44. The standard InChI is InChI=1S/C21H26N2O5/c1-26-16-8-7-14(12-17(16)27-2)9-10-22-21(25)20-15-6-4-5-11-23(15)19(24)13-18(20)28-3/h7-8,12-13H,4-6,9-11H2,1-3H3,(H,22,25). The maximum atomic E-state index is 12.9. The maximum absolute atomic E-state index is 12.9. The van der Waals surface area contributed by atoms with Crippen LogP contribution in [0.25, 0.3) is 0 Å². The van der Waals surface area contributed by atoms with E-state index in [4.69, 9.17) is 14.2 Å². The molecule has 1 N–H and O–H groups in total. The predicted molar refractivity (Wildman–Crippen MR) is 106 cm³/mol. The summed E-state index contributed by atoms with van der Waals surface area (Å²) in [6, 6.07) is 7.09. The summed E-state index contributed by atoms with van der Waals surface area (Å²) >= 11 is 0. The normalized spacial score (nSPS) is 12.8. The molecule has 1 amide bonds. The van der Waals surface area contributed by atoms with Crippen molar-refractivity contribution in [1.82, 2.24) is 9.88 Å². The lowest BCUT2D eigenvalue weighted by Crippen LogP contribution is -2.33. The Bertz CT molecular complexity index is 920. The number of benzene rings is 1. The number of ether oxygens (including phenoxy) is 3. The van der Waals surface area contributed by atoms with Crippen LogP contribution >= 0.6 is 0 Å². The molecule has 7 heteroatoms. The molecule has 0 fully saturated rings. The van der Waals surface area contributed by atoms with Crippen molar-refractivity contribution in [3.63, 3.8) is 0 Å². The van der Waals surface area contributed by atoms with Gasteiger partial charge in [-0.15, -0.1) is 0 Å². The van der Waals surface area contributed by atoms with Crippen LogP contribution in [-0.4, -0.2) is 38.3 Å². The summed E-state index contributed by atoms with van der Waals surface area (Å²) in [4.78, 5) is 25.1. The van der Waals surface area contributed by atoms with E-state index in [1.165, 1.54) is 13.2 Å². The lowest BCUT2D eigenvalue weighted by Gasteiger charge is -2.22. The Morgan fingerprint density at radius 1 is 1.04 bits per heavy atom. The molecule has 3 rings (SSSR count). The third-order valence-electron chi connectivity index (χ3n) is 5.02. The van der Waals surface area contributed by atoms with Crippen LogP contribution < -0.4 is 25.1 Å². The molecule has 2 aromatic rings. The van der Waals surface area contributed by atoms with E-state index in [2.05, 4.69) is 5.32 Å². The van der Waals surface area contributed by atoms with Gasteiger partial charge in [0.15, 0.2) is 11.5 Å². The summed E-state index contributed by atoms with van der Waals surface area (Å²) in [7, 11) is 4.67. The lowest BCUT2D eigenvalue weighted by molar-refractivity contribution is 0.0948. The molecule has 0 aliphatic carbocycles. The molecule has 0 saturated heterocycles. The van der Waals surface area contributed by atoms with E-state index >= 15 is 0 Å². The van der Waals surface area contributed by atoms with E-state index in [1.54, 1.807) is 18.8 Å². The molecular formula is C21H26N2O5. The third kappa shape index (κ3) is 3.98. The van der Waals surface area contributed by atoms with Gasteiger partial charge in [-0.25, -0.2) is 0 Å². The Labute approximate surface area is 164 Å². The van der Waals surface area contributed by atoms with Crippen LogP contribution in [0, 0.1) is 0 Å². The Hall–Kier alpha value is -2.96. The van der Waals surface area contributed by atoms with Gasteiger partial charge in [0.05, 0.1) is 21.3 Å². The summed E-state index contributed by atoms with van der Waals surface area (Å²) in [6.45, 7) is 1.10. The minimum atomic E-state index is -0.219. The average Bonchev–Trinajstić information content (AvgIpc) is 2.73. The highest BCUT2D eigenvalue weighted by atomic mass is 16.5. The number of hydrogen-bond donors (Lipinski definition) is 1. The van der Waals surface area contributed by atoms with Crippen LogP contribution in [0.4, 0.5) is 0 Å². The largest absolute Gasteiger partial charge is 0.496 e. The number of hydrogen-bond acceptors (Lipinski definition) is 5. The minimum absolute atomic E-state index is 0.117. The zero-order valence-corrected chi connectivity index (χ0v) is 16.5. The quantitative estimate of drug-likeness (QED) is 0.789. The van der Waals surface area contributed by atoms with Crippen LogP contribution in [0.3, 0.4) is 0 Å². The minimum Gasteiger partial charge on any atom is -0.496 e. The highest BCUT2D eigenvalue weighted by molar-refractivity contribution is 5.98. The molecule has 1 aliphatic heterocycles. The van der Waals surface area contributed by atoms with Gasteiger partial charge in [0.1, 0.15) is 11.3 Å². The van der Waals surface area contributed by atoms with Crippen LogP contribution in [-0.2, 0) is 19.4 Å². The fourth-order valence-electron chi connectivity index (χ4n) is 3.59. The van der Waals surface area contributed by atoms with Gasteiger partial charge in [-0.1, -0.05) is 6.07 Å². The fourth-order valence-corrected chi connectivity index (χ4v) is 3.59. The molecule has 0 unspecified atom stereocenters. The lowest BCUT2D eigenvalue weighted by atomic mass is 10.0. The van der Waals surface area contributed by atoms with E-state index in [1.807, 2.05) is 18.2 Å². The first-order valence-electron chi connectivity index (χ1n) is 9.38. The summed E-state index contributed by atoms with van der Waals surface area (Å²) in [6.07, 6.45) is 3.24. The molecule has 2 heterocycles. The van der Waals surface area contributed by atoms with Crippen molar-refractivity contribution in [2.75, 3.05) is 27.9 Å². The topological polar surface area (TPSA) is 78.8 Å². The van der Waals surface area contributed by atoms with Crippen molar-refractivity contribution in [3.8, 4) is 17.2 Å². The van der Waals surface area contributed by atoms with Gasteiger partial charge in [0.2, 0.25) is 0 Å². The van der Waals surface area contributed by atoms with Crippen molar-refractivity contribution < 1.29 is 19.0 Å². The van der Waals surface area contributed by atoms with Gasteiger partial charge >= 0.3 is 0 Å².